The molecule has 0 bridgehead atoms. The van der Waals surface area contributed by atoms with Crippen LogP contribution in [0.3, 0.4) is 0 Å². The second kappa shape index (κ2) is 4.35. The summed E-state index contributed by atoms with van der Waals surface area (Å²) < 4.78 is 30.9. The highest BCUT2D eigenvalue weighted by molar-refractivity contribution is 5.46. The van der Waals surface area contributed by atoms with Crippen molar-refractivity contribution in [3.8, 4) is 0 Å². The minimum absolute atomic E-state index is 0.0984. The van der Waals surface area contributed by atoms with Crippen LogP contribution in [0.2, 0.25) is 0 Å². The molecule has 16 heavy (non-hydrogen) atoms. The summed E-state index contributed by atoms with van der Waals surface area (Å²) in [6.45, 7) is 1.87. The fourth-order valence-corrected chi connectivity index (χ4v) is 1.44. The summed E-state index contributed by atoms with van der Waals surface area (Å²) in [4.78, 5) is 0. The predicted molar refractivity (Wildman–Crippen MR) is 57.1 cm³/mol. The fraction of sp³-hybridized carbons (Fsp3) is 0.167. The summed E-state index contributed by atoms with van der Waals surface area (Å²) in [6, 6.07) is 5.14. The van der Waals surface area contributed by atoms with Crippen LogP contribution < -0.4 is 5.32 Å². The van der Waals surface area contributed by atoms with E-state index in [1.54, 1.807) is 18.6 Å². The summed E-state index contributed by atoms with van der Waals surface area (Å²) in [6.07, 6.45) is 3.13. The van der Waals surface area contributed by atoms with Crippen molar-refractivity contribution in [2.75, 3.05) is 5.32 Å². The molecular weight excluding hydrogens is 212 g/mol. The fourth-order valence-electron chi connectivity index (χ4n) is 1.44. The van der Waals surface area contributed by atoms with Crippen LogP contribution in [0.15, 0.2) is 41.2 Å². The van der Waals surface area contributed by atoms with Crippen LogP contribution >= 0.6 is 0 Å². The summed E-state index contributed by atoms with van der Waals surface area (Å²) >= 11 is 0. The molecule has 1 heterocycles. The molecule has 0 saturated carbocycles. The first kappa shape index (κ1) is 10.7. The predicted octanol–water partition coefficient (Wildman–Crippen LogP) is 3.73. The molecule has 0 fully saturated rings. The minimum atomic E-state index is -0.602. The van der Waals surface area contributed by atoms with Crippen LogP contribution in [0, 0.1) is 11.6 Å². The van der Waals surface area contributed by atoms with E-state index in [0.717, 1.165) is 11.6 Å². The van der Waals surface area contributed by atoms with E-state index in [0.29, 0.717) is 0 Å². The Bertz CT molecular complexity index is 468. The highest BCUT2D eigenvalue weighted by Crippen LogP contribution is 2.22. The molecular formula is C12H11F2NO. The topological polar surface area (TPSA) is 25.2 Å². The lowest BCUT2D eigenvalue weighted by Crippen LogP contribution is -2.07. The van der Waals surface area contributed by atoms with Gasteiger partial charge < -0.3 is 9.73 Å². The average Bonchev–Trinajstić information content (AvgIpc) is 2.75. The largest absolute Gasteiger partial charge is 0.472 e. The molecule has 0 aliphatic rings. The van der Waals surface area contributed by atoms with Gasteiger partial charge in [0.25, 0.3) is 0 Å². The molecule has 4 heteroatoms. The van der Waals surface area contributed by atoms with E-state index in [1.807, 2.05) is 6.92 Å². The number of furan rings is 1. The van der Waals surface area contributed by atoms with E-state index in [-0.39, 0.29) is 11.7 Å². The Morgan fingerprint density at radius 1 is 1.25 bits per heavy atom. The maximum absolute atomic E-state index is 13.3. The molecule has 0 spiro atoms. The first-order valence-corrected chi connectivity index (χ1v) is 4.90. The molecule has 2 nitrogen and oxygen atoms in total. The molecule has 0 saturated heterocycles. The van der Waals surface area contributed by atoms with Gasteiger partial charge in [-0.2, -0.15) is 0 Å². The second-order valence-electron chi connectivity index (χ2n) is 3.55. The summed E-state index contributed by atoms with van der Waals surface area (Å²) in [5.41, 5.74) is 1.18. The minimum Gasteiger partial charge on any atom is -0.472 e. The smallest absolute Gasteiger partial charge is 0.149 e. The van der Waals surface area contributed by atoms with Gasteiger partial charge in [-0.3, -0.25) is 0 Å². The Hall–Kier alpha value is -1.84. The lowest BCUT2D eigenvalue weighted by atomic mass is 10.1. The maximum atomic E-state index is 13.3. The van der Waals surface area contributed by atoms with Crippen LogP contribution in [0.4, 0.5) is 14.5 Å². The molecule has 84 valence electrons. The normalized spacial score (nSPS) is 12.4. The lowest BCUT2D eigenvalue weighted by Gasteiger charge is -2.14. The standard InChI is InChI=1S/C12H11F2NO/c1-8(9-4-5-16-7-9)15-12-3-2-10(13)6-11(12)14/h2-8,15H,1H3. The molecule has 1 aromatic heterocycles. The Kier molecular flexibility index (Phi) is 2.90. The first-order valence-electron chi connectivity index (χ1n) is 4.90. The molecule has 0 aliphatic heterocycles. The van der Waals surface area contributed by atoms with Gasteiger partial charge in [-0.1, -0.05) is 0 Å². The first-order chi connectivity index (χ1) is 7.66. The van der Waals surface area contributed by atoms with Crippen LogP contribution in [0.1, 0.15) is 18.5 Å². The van der Waals surface area contributed by atoms with Crippen molar-refractivity contribution in [3.63, 3.8) is 0 Å². The molecule has 1 N–H and O–H groups in total. The van der Waals surface area contributed by atoms with Crippen LogP contribution in [0.5, 0.6) is 0 Å². The third-order valence-corrected chi connectivity index (χ3v) is 2.35. The Morgan fingerprint density at radius 3 is 2.69 bits per heavy atom. The van der Waals surface area contributed by atoms with Crippen LogP contribution in [0.25, 0.3) is 0 Å². The van der Waals surface area contributed by atoms with Crippen molar-refractivity contribution in [2.24, 2.45) is 0 Å². The van der Waals surface area contributed by atoms with Gasteiger partial charge in [0.2, 0.25) is 0 Å². The number of hydrogen-bond acceptors (Lipinski definition) is 2. The van der Waals surface area contributed by atoms with Gasteiger partial charge in [0.15, 0.2) is 0 Å². The highest BCUT2D eigenvalue weighted by atomic mass is 19.1. The van der Waals surface area contributed by atoms with Gasteiger partial charge >= 0.3 is 0 Å². The van der Waals surface area contributed by atoms with Crippen molar-refractivity contribution in [1.82, 2.24) is 0 Å². The zero-order valence-electron chi connectivity index (χ0n) is 8.71. The average molecular weight is 223 g/mol. The van der Waals surface area contributed by atoms with Gasteiger partial charge in [0.05, 0.1) is 24.3 Å². The quantitative estimate of drug-likeness (QED) is 0.857. The zero-order chi connectivity index (χ0) is 11.5. The second-order valence-corrected chi connectivity index (χ2v) is 3.55. The lowest BCUT2D eigenvalue weighted by molar-refractivity contribution is 0.561. The molecule has 1 aromatic carbocycles. The SMILES string of the molecule is CC(Nc1ccc(F)cc1F)c1ccoc1. The van der Waals surface area contributed by atoms with Gasteiger partial charge in [-0.25, -0.2) is 8.78 Å². The monoisotopic (exact) mass is 223 g/mol. The summed E-state index contributed by atoms with van der Waals surface area (Å²) in [7, 11) is 0. The number of hydrogen-bond donors (Lipinski definition) is 1. The number of rotatable bonds is 3. The van der Waals surface area contributed by atoms with Crippen molar-refractivity contribution in [2.45, 2.75) is 13.0 Å². The third-order valence-electron chi connectivity index (χ3n) is 2.35. The van der Waals surface area contributed by atoms with Crippen molar-refractivity contribution < 1.29 is 13.2 Å². The molecule has 2 aromatic rings. The van der Waals surface area contributed by atoms with E-state index in [2.05, 4.69) is 5.32 Å². The van der Waals surface area contributed by atoms with Crippen LogP contribution in [-0.2, 0) is 0 Å². The van der Waals surface area contributed by atoms with E-state index in [4.69, 9.17) is 4.42 Å². The van der Waals surface area contributed by atoms with Crippen molar-refractivity contribution in [3.05, 3.63) is 54.0 Å². The van der Waals surface area contributed by atoms with E-state index >= 15 is 0 Å². The van der Waals surface area contributed by atoms with E-state index in [1.165, 1.54) is 12.1 Å². The number of anilines is 1. The van der Waals surface area contributed by atoms with Gasteiger partial charge in [-0.15, -0.1) is 0 Å². The summed E-state index contributed by atoms with van der Waals surface area (Å²) in [5, 5.41) is 2.94. The van der Waals surface area contributed by atoms with Crippen molar-refractivity contribution in [1.29, 1.82) is 0 Å². The van der Waals surface area contributed by atoms with E-state index < -0.39 is 11.6 Å². The number of benzene rings is 1. The molecule has 0 radical (unpaired) electrons. The van der Waals surface area contributed by atoms with E-state index in [9.17, 15) is 8.78 Å². The molecule has 1 unspecified atom stereocenters. The van der Waals surface area contributed by atoms with Crippen LogP contribution in [-0.4, -0.2) is 0 Å². The maximum Gasteiger partial charge on any atom is 0.149 e. The molecule has 0 amide bonds. The molecule has 1 atom stereocenters. The van der Waals surface area contributed by atoms with Gasteiger partial charge in [-0.05, 0) is 25.1 Å². The molecule has 2 rings (SSSR count). The van der Waals surface area contributed by atoms with Gasteiger partial charge in [0.1, 0.15) is 11.6 Å². The number of halogens is 2. The zero-order valence-corrected chi connectivity index (χ0v) is 8.71. The molecule has 0 aliphatic carbocycles. The Balaban J connectivity index is 2.15. The van der Waals surface area contributed by atoms with Crippen molar-refractivity contribution >= 4 is 5.69 Å². The van der Waals surface area contributed by atoms with Gasteiger partial charge in [0, 0.05) is 11.6 Å². The number of nitrogens with one attached hydrogen (secondary N) is 1. The Labute approximate surface area is 91.9 Å². The highest BCUT2D eigenvalue weighted by Gasteiger charge is 2.09. The third kappa shape index (κ3) is 2.21. The Morgan fingerprint density at radius 2 is 2.06 bits per heavy atom. The summed E-state index contributed by atoms with van der Waals surface area (Å²) in [5.74, 6) is -1.19.